The van der Waals surface area contributed by atoms with Crippen LogP contribution >= 0.6 is 23.1 Å². The molecule has 2 N–H and O–H groups in total. The summed E-state index contributed by atoms with van der Waals surface area (Å²) in [5.41, 5.74) is 5.52. The van der Waals surface area contributed by atoms with Gasteiger partial charge in [0.15, 0.2) is 4.34 Å². The SMILES string of the molecule is CC(C)[C@@H]1CC[C@H](C)C[C@H]1OC(=O)CSc1nnc(N)s1. The number of nitrogens with two attached hydrogens (primary N) is 1. The first kappa shape index (κ1) is 16.5. The monoisotopic (exact) mass is 329 g/mol. The van der Waals surface area contributed by atoms with E-state index in [1.807, 2.05) is 0 Å². The zero-order chi connectivity index (χ0) is 15.4. The number of carbonyl (C=O) groups excluding carboxylic acids is 1. The summed E-state index contributed by atoms with van der Waals surface area (Å²) >= 11 is 2.63. The molecule has 1 fully saturated rings. The van der Waals surface area contributed by atoms with E-state index in [1.165, 1.54) is 29.5 Å². The molecule has 0 saturated heterocycles. The summed E-state index contributed by atoms with van der Waals surface area (Å²) in [4.78, 5) is 12.0. The predicted octanol–water partition coefficient (Wildman–Crippen LogP) is 3.22. The van der Waals surface area contributed by atoms with Gasteiger partial charge in [0, 0.05) is 0 Å². The quantitative estimate of drug-likeness (QED) is 0.660. The van der Waals surface area contributed by atoms with E-state index in [4.69, 9.17) is 10.5 Å². The fraction of sp³-hybridized carbons (Fsp3) is 0.786. The smallest absolute Gasteiger partial charge is 0.316 e. The molecule has 0 aliphatic heterocycles. The largest absolute Gasteiger partial charge is 0.461 e. The average molecular weight is 329 g/mol. The second-order valence-electron chi connectivity index (χ2n) is 6.05. The number of nitrogens with zero attached hydrogens (tertiary/aromatic N) is 2. The van der Waals surface area contributed by atoms with Crippen LogP contribution in [0.3, 0.4) is 0 Å². The molecule has 1 aliphatic carbocycles. The molecule has 0 unspecified atom stereocenters. The lowest BCUT2D eigenvalue weighted by atomic mass is 9.75. The van der Waals surface area contributed by atoms with E-state index in [0.717, 1.165) is 12.8 Å². The molecule has 1 aliphatic rings. The third-order valence-electron chi connectivity index (χ3n) is 3.98. The Morgan fingerprint density at radius 2 is 2.24 bits per heavy atom. The van der Waals surface area contributed by atoms with Crippen molar-refractivity contribution in [2.45, 2.75) is 50.5 Å². The topological polar surface area (TPSA) is 78.1 Å². The van der Waals surface area contributed by atoms with E-state index in [1.54, 1.807) is 0 Å². The van der Waals surface area contributed by atoms with Crippen LogP contribution in [0.2, 0.25) is 0 Å². The first-order valence-corrected chi connectivity index (χ1v) is 9.17. The Labute approximate surface area is 134 Å². The van der Waals surface area contributed by atoms with Crippen molar-refractivity contribution in [3.63, 3.8) is 0 Å². The zero-order valence-corrected chi connectivity index (χ0v) is 14.4. The van der Waals surface area contributed by atoms with Crippen LogP contribution in [-0.2, 0) is 9.53 Å². The van der Waals surface area contributed by atoms with Crippen LogP contribution in [0.5, 0.6) is 0 Å². The van der Waals surface area contributed by atoms with Crippen LogP contribution in [0.1, 0.15) is 40.0 Å². The number of nitrogen functional groups attached to an aromatic ring is 1. The number of rotatable bonds is 5. The Balaban J connectivity index is 1.84. The summed E-state index contributed by atoms with van der Waals surface area (Å²) in [6.07, 6.45) is 3.42. The van der Waals surface area contributed by atoms with Gasteiger partial charge in [0.05, 0.1) is 5.75 Å². The molecule has 0 bridgehead atoms. The van der Waals surface area contributed by atoms with Gasteiger partial charge in [-0.15, -0.1) is 10.2 Å². The molecular formula is C14H23N3O2S2. The molecule has 0 aromatic carbocycles. The van der Waals surface area contributed by atoms with E-state index in [2.05, 4.69) is 31.0 Å². The Bertz CT molecular complexity index is 479. The maximum absolute atomic E-state index is 12.0. The first-order valence-electron chi connectivity index (χ1n) is 7.37. The van der Waals surface area contributed by atoms with E-state index in [0.29, 0.717) is 27.2 Å². The lowest BCUT2D eigenvalue weighted by Gasteiger charge is -2.36. The van der Waals surface area contributed by atoms with E-state index < -0.39 is 0 Å². The van der Waals surface area contributed by atoms with Gasteiger partial charge in [-0.2, -0.15) is 0 Å². The molecule has 7 heteroatoms. The number of hydrogen-bond acceptors (Lipinski definition) is 7. The van der Waals surface area contributed by atoms with Crippen LogP contribution in [-0.4, -0.2) is 28.0 Å². The van der Waals surface area contributed by atoms with E-state index in [9.17, 15) is 4.79 Å². The highest BCUT2D eigenvalue weighted by atomic mass is 32.2. The molecule has 0 radical (unpaired) electrons. The van der Waals surface area contributed by atoms with Crippen molar-refractivity contribution in [1.29, 1.82) is 0 Å². The van der Waals surface area contributed by atoms with Crippen LogP contribution in [0, 0.1) is 17.8 Å². The summed E-state index contributed by atoms with van der Waals surface area (Å²) in [6, 6.07) is 0. The van der Waals surface area contributed by atoms with E-state index in [-0.39, 0.29) is 17.8 Å². The number of hydrogen-bond donors (Lipinski definition) is 1. The van der Waals surface area contributed by atoms with Gasteiger partial charge in [-0.25, -0.2) is 0 Å². The second-order valence-corrected chi connectivity index (χ2v) is 8.28. The van der Waals surface area contributed by atoms with Crippen LogP contribution < -0.4 is 5.73 Å². The third-order valence-corrected chi connectivity index (χ3v) is 5.84. The fourth-order valence-corrected chi connectivity index (χ4v) is 4.27. The van der Waals surface area contributed by atoms with Crippen molar-refractivity contribution in [1.82, 2.24) is 10.2 Å². The number of anilines is 1. The van der Waals surface area contributed by atoms with Gasteiger partial charge < -0.3 is 10.5 Å². The molecule has 3 atom stereocenters. The Morgan fingerprint density at radius 3 is 2.86 bits per heavy atom. The molecule has 118 valence electrons. The van der Waals surface area contributed by atoms with Gasteiger partial charge in [0.2, 0.25) is 5.13 Å². The standard InChI is InChI=1S/C14H23N3O2S2/c1-8(2)10-5-4-9(3)6-11(10)19-12(18)7-20-14-17-16-13(15)21-14/h8-11H,4-7H2,1-3H3,(H2,15,16)/t9-,10-,11+/m0/s1. The number of carbonyl (C=O) groups is 1. The highest BCUT2D eigenvalue weighted by Crippen LogP contribution is 2.35. The number of esters is 1. The lowest BCUT2D eigenvalue weighted by Crippen LogP contribution is -2.36. The molecule has 1 aromatic heterocycles. The molecule has 1 saturated carbocycles. The van der Waals surface area contributed by atoms with Crippen LogP contribution in [0.25, 0.3) is 0 Å². The molecule has 5 nitrogen and oxygen atoms in total. The minimum Gasteiger partial charge on any atom is -0.461 e. The highest BCUT2D eigenvalue weighted by Gasteiger charge is 2.33. The van der Waals surface area contributed by atoms with Crippen molar-refractivity contribution < 1.29 is 9.53 Å². The normalized spacial score (nSPS) is 26.0. The van der Waals surface area contributed by atoms with Crippen molar-refractivity contribution in [3.05, 3.63) is 0 Å². The molecule has 1 heterocycles. The Kier molecular flexibility index (Phi) is 5.87. The highest BCUT2D eigenvalue weighted by molar-refractivity contribution is 8.01. The first-order chi connectivity index (χ1) is 9.95. The fourth-order valence-electron chi connectivity index (χ4n) is 2.85. The zero-order valence-electron chi connectivity index (χ0n) is 12.7. The molecular weight excluding hydrogens is 306 g/mol. The number of thioether (sulfide) groups is 1. The summed E-state index contributed by atoms with van der Waals surface area (Å²) in [5, 5.41) is 8.04. The summed E-state index contributed by atoms with van der Waals surface area (Å²) in [7, 11) is 0. The van der Waals surface area contributed by atoms with Crippen LogP contribution in [0.4, 0.5) is 5.13 Å². The van der Waals surface area contributed by atoms with Crippen molar-refractivity contribution in [2.75, 3.05) is 11.5 Å². The van der Waals surface area contributed by atoms with Crippen molar-refractivity contribution in [2.24, 2.45) is 17.8 Å². The second kappa shape index (κ2) is 7.45. The van der Waals surface area contributed by atoms with Gasteiger partial charge in [-0.3, -0.25) is 4.79 Å². The summed E-state index contributed by atoms with van der Waals surface area (Å²) < 4.78 is 6.44. The molecule has 2 rings (SSSR count). The van der Waals surface area contributed by atoms with Gasteiger partial charge in [0.1, 0.15) is 6.10 Å². The average Bonchev–Trinajstić information content (AvgIpc) is 2.82. The van der Waals surface area contributed by atoms with Gasteiger partial charge in [0.25, 0.3) is 0 Å². The maximum atomic E-state index is 12.0. The maximum Gasteiger partial charge on any atom is 0.316 e. The summed E-state index contributed by atoms with van der Waals surface area (Å²) in [5.74, 6) is 1.76. The van der Waals surface area contributed by atoms with Gasteiger partial charge in [-0.1, -0.05) is 50.3 Å². The summed E-state index contributed by atoms with van der Waals surface area (Å²) in [6.45, 7) is 6.65. The van der Waals surface area contributed by atoms with Gasteiger partial charge >= 0.3 is 5.97 Å². The predicted molar refractivity (Wildman–Crippen MR) is 86.3 cm³/mol. The third kappa shape index (κ3) is 4.85. The molecule has 21 heavy (non-hydrogen) atoms. The number of ether oxygens (including phenoxy) is 1. The lowest BCUT2D eigenvalue weighted by molar-refractivity contribution is -0.152. The molecule has 1 aromatic rings. The van der Waals surface area contributed by atoms with Gasteiger partial charge in [-0.05, 0) is 30.6 Å². The molecule has 0 spiro atoms. The Hall–Kier alpha value is -0.820. The van der Waals surface area contributed by atoms with E-state index >= 15 is 0 Å². The van der Waals surface area contributed by atoms with Crippen molar-refractivity contribution in [3.8, 4) is 0 Å². The van der Waals surface area contributed by atoms with Crippen molar-refractivity contribution >= 4 is 34.2 Å². The Morgan fingerprint density at radius 1 is 1.48 bits per heavy atom. The minimum absolute atomic E-state index is 0.0568. The van der Waals surface area contributed by atoms with Crippen LogP contribution in [0.15, 0.2) is 4.34 Å². The molecule has 0 amide bonds. The number of aromatic nitrogens is 2. The minimum atomic E-state index is -0.168.